The maximum atomic E-state index is 12.7. The van der Waals surface area contributed by atoms with Gasteiger partial charge in [0.15, 0.2) is 0 Å². The van der Waals surface area contributed by atoms with Crippen molar-refractivity contribution in [1.82, 2.24) is 9.29 Å². The highest BCUT2D eigenvalue weighted by molar-refractivity contribution is 7.89. The minimum absolute atomic E-state index is 0.0669. The zero-order chi connectivity index (χ0) is 18.7. The van der Waals surface area contributed by atoms with Crippen molar-refractivity contribution in [1.29, 1.82) is 0 Å². The number of ether oxygens (including phenoxy) is 2. The van der Waals surface area contributed by atoms with Crippen LogP contribution in [0.5, 0.6) is 11.5 Å². The standard InChI is InChI=1S/C19H22N2O4S/c1-21-13-14(16-6-4-5-7-17(16)21)10-11-20-26(22,23)19-12-15(24-2)8-9-18(19)25-3/h4-9,12-13,20H,10-11H2,1-3H3. The Morgan fingerprint density at radius 1 is 1.08 bits per heavy atom. The summed E-state index contributed by atoms with van der Waals surface area (Å²) in [6.45, 7) is 0.288. The molecule has 0 aliphatic heterocycles. The molecule has 3 rings (SSSR count). The van der Waals surface area contributed by atoms with Crippen LogP contribution in [-0.2, 0) is 23.5 Å². The van der Waals surface area contributed by atoms with Gasteiger partial charge in [0, 0.05) is 36.8 Å². The van der Waals surface area contributed by atoms with Crippen molar-refractivity contribution in [3.05, 3.63) is 54.2 Å². The van der Waals surface area contributed by atoms with E-state index in [2.05, 4.69) is 4.72 Å². The fraction of sp³-hybridized carbons (Fsp3) is 0.263. The topological polar surface area (TPSA) is 69.6 Å². The van der Waals surface area contributed by atoms with Gasteiger partial charge in [0.2, 0.25) is 10.0 Å². The molecule has 26 heavy (non-hydrogen) atoms. The van der Waals surface area contributed by atoms with E-state index in [4.69, 9.17) is 9.47 Å². The van der Waals surface area contributed by atoms with E-state index in [1.54, 1.807) is 12.1 Å². The Morgan fingerprint density at radius 3 is 2.58 bits per heavy atom. The molecule has 1 N–H and O–H groups in total. The summed E-state index contributed by atoms with van der Waals surface area (Å²) < 4.78 is 40.4. The minimum Gasteiger partial charge on any atom is -0.497 e. The zero-order valence-corrected chi connectivity index (χ0v) is 15.8. The van der Waals surface area contributed by atoms with Crippen LogP contribution in [0, 0.1) is 0 Å². The predicted molar refractivity (Wildman–Crippen MR) is 101 cm³/mol. The van der Waals surface area contributed by atoms with Crippen LogP contribution in [0.4, 0.5) is 0 Å². The first-order valence-electron chi connectivity index (χ1n) is 8.21. The van der Waals surface area contributed by atoms with E-state index in [0.29, 0.717) is 12.2 Å². The molecular weight excluding hydrogens is 352 g/mol. The number of fused-ring (bicyclic) bond motifs is 1. The van der Waals surface area contributed by atoms with Gasteiger partial charge in [0.05, 0.1) is 14.2 Å². The maximum absolute atomic E-state index is 12.7. The molecule has 0 saturated heterocycles. The summed E-state index contributed by atoms with van der Waals surface area (Å²) >= 11 is 0. The first-order valence-corrected chi connectivity index (χ1v) is 9.69. The molecule has 0 atom stereocenters. The van der Waals surface area contributed by atoms with Gasteiger partial charge in [-0.2, -0.15) is 0 Å². The van der Waals surface area contributed by atoms with Crippen LogP contribution in [-0.4, -0.2) is 33.7 Å². The molecule has 0 fully saturated rings. The Morgan fingerprint density at radius 2 is 1.85 bits per heavy atom. The van der Waals surface area contributed by atoms with Crippen molar-refractivity contribution in [2.75, 3.05) is 20.8 Å². The third-order valence-corrected chi connectivity index (χ3v) is 5.81. The number of hydrogen-bond acceptors (Lipinski definition) is 4. The van der Waals surface area contributed by atoms with Gasteiger partial charge in [0.1, 0.15) is 16.4 Å². The summed E-state index contributed by atoms with van der Waals surface area (Å²) in [4.78, 5) is 0.0669. The first kappa shape index (κ1) is 18.3. The summed E-state index contributed by atoms with van der Waals surface area (Å²) in [5.74, 6) is 0.740. The lowest BCUT2D eigenvalue weighted by molar-refractivity contribution is 0.392. The quantitative estimate of drug-likeness (QED) is 0.690. The fourth-order valence-corrected chi connectivity index (χ4v) is 4.23. The highest BCUT2D eigenvalue weighted by Crippen LogP contribution is 2.28. The zero-order valence-electron chi connectivity index (χ0n) is 15.0. The van der Waals surface area contributed by atoms with Gasteiger partial charge in [-0.1, -0.05) is 18.2 Å². The second-order valence-corrected chi connectivity index (χ2v) is 7.68. The molecule has 2 aromatic carbocycles. The molecule has 0 saturated carbocycles. The Bertz CT molecular complexity index is 1030. The second kappa shape index (κ2) is 7.39. The second-order valence-electron chi connectivity index (χ2n) is 5.95. The van der Waals surface area contributed by atoms with Gasteiger partial charge >= 0.3 is 0 Å². The van der Waals surface area contributed by atoms with Crippen LogP contribution >= 0.6 is 0 Å². The maximum Gasteiger partial charge on any atom is 0.244 e. The Hall–Kier alpha value is -2.51. The fourth-order valence-electron chi connectivity index (χ4n) is 3.02. The number of hydrogen-bond donors (Lipinski definition) is 1. The van der Waals surface area contributed by atoms with Crippen molar-refractivity contribution in [2.24, 2.45) is 7.05 Å². The average Bonchev–Trinajstić information content (AvgIpc) is 2.97. The molecule has 7 heteroatoms. The monoisotopic (exact) mass is 374 g/mol. The van der Waals surface area contributed by atoms with Crippen molar-refractivity contribution < 1.29 is 17.9 Å². The van der Waals surface area contributed by atoms with E-state index in [1.165, 1.54) is 20.3 Å². The lowest BCUT2D eigenvalue weighted by Crippen LogP contribution is -2.26. The van der Waals surface area contributed by atoms with Crippen LogP contribution < -0.4 is 14.2 Å². The third-order valence-electron chi connectivity index (χ3n) is 4.33. The number of nitrogens with one attached hydrogen (secondary N) is 1. The number of nitrogens with zero attached hydrogens (tertiary/aromatic N) is 1. The van der Waals surface area contributed by atoms with Crippen molar-refractivity contribution in [2.45, 2.75) is 11.3 Å². The number of sulfonamides is 1. The van der Waals surface area contributed by atoms with Gasteiger partial charge in [-0.05, 0) is 30.2 Å². The molecule has 138 valence electrons. The number of benzene rings is 2. The highest BCUT2D eigenvalue weighted by Gasteiger charge is 2.20. The van der Waals surface area contributed by atoms with Gasteiger partial charge in [-0.3, -0.25) is 0 Å². The smallest absolute Gasteiger partial charge is 0.244 e. The van der Waals surface area contributed by atoms with Gasteiger partial charge < -0.3 is 14.0 Å². The normalized spacial score (nSPS) is 11.7. The van der Waals surface area contributed by atoms with Gasteiger partial charge in [-0.15, -0.1) is 0 Å². The molecule has 0 amide bonds. The highest BCUT2D eigenvalue weighted by atomic mass is 32.2. The Balaban J connectivity index is 1.78. The van der Waals surface area contributed by atoms with E-state index in [9.17, 15) is 8.42 Å². The van der Waals surface area contributed by atoms with Crippen LogP contribution in [0.2, 0.25) is 0 Å². The number of aryl methyl sites for hydroxylation is 1. The molecule has 3 aromatic rings. The SMILES string of the molecule is COc1ccc(OC)c(S(=O)(=O)NCCc2cn(C)c3ccccc23)c1. The minimum atomic E-state index is -3.71. The average molecular weight is 374 g/mol. The summed E-state index contributed by atoms with van der Waals surface area (Å²) in [6, 6.07) is 12.8. The Labute approximate surface area is 153 Å². The molecule has 0 radical (unpaired) electrons. The van der Waals surface area contributed by atoms with E-state index < -0.39 is 10.0 Å². The summed E-state index contributed by atoms with van der Waals surface area (Å²) in [7, 11) is 1.20. The van der Waals surface area contributed by atoms with E-state index in [1.807, 2.05) is 42.1 Å². The number of rotatable bonds is 7. The Kier molecular flexibility index (Phi) is 5.20. The summed E-state index contributed by atoms with van der Waals surface area (Å²) in [5.41, 5.74) is 2.23. The molecule has 1 heterocycles. The third kappa shape index (κ3) is 3.54. The molecule has 0 aliphatic rings. The van der Waals surface area contributed by atoms with Gasteiger partial charge in [0.25, 0.3) is 0 Å². The summed E-state index contributed by atoms with van der Waals surface area (Å²) in [5, 5.41) is 1.13. The summed E-state index contributed by atoms with van der Waals surface area (Å²) in [6.07, 6.45) is 2.62. The molecule has 0 unspecified atom stereocenters. The van der Waals surface area contributed by atoms with Crippen molar-refractivity contribution >= 4 is 20.9 Å². The number of aromatic nitrogens is 1. The van der Waals surface area contributed by atoms with Crippen LogP contribution in [0.3, 0.4) is 0 Å². The van der Waals surface area contributed by atoms with E-state index in [0.717, 1.165) is 16.5 Å². The van der Waals surface area contributed by atoms with Gasteiger partial charge in [-0.25, -0.2) is 13.1 Å². The molecule has 6 nitrogen and oxygen atoms in total. The molecule has 0 bridgehead atoms. The molecule has 0 spiro atoms. The van der Waals surface area contributed by atoms with Crippen molar-refractivity contribution in [3.63, 3.8) is 0 Å². The van der Waals surface area contributed by atoms with Crippen LogP contribution in [0.1, 0.15) is 5.56 Å². The number of methoxy groups -OCH3 is 2. The molecule has 1 aromatic heterocycles. The predicted octanol–water partition coefficient (Wildman–Crippen LogP) is 2.72. The lowest BCUT2D eigenvalue weighted by Gasteiger charge is -2.12. The van der Waals surface area contributed by atoms with Crippen molar-refractivity contribution in [3.8, 4) is 11.5 Å². The first-order chi connectivity index (χ1) is 12.5. The number of para-hydroxylation sites is 1. The molecule has 0 aliphatic carbocycles. The van der Waals surface area contributed by atoms with E-state index in [-0.39, 0.29) is 17.2 Å². The van der Waals surface area contributed by atoms with Crippen LogP contribution in [0.25, 0.3) is 10.9 Å². The van der Waals surface area contributed by atoms with Crippen LogP contribution in [0.15, 0.2) is 53.6 Å². The largest absolute Gasteiger partial charge is 0.497 e. The molecular formula is C19H22N2O4S. The lowest BCUT2D eigenvalue weighted by atomic mass is 10.1. The van der Waals surface area contributed by atoms with E-state index >= 15 is 0 Å².